The summed E-state index contributed by atoms with van der Waals surface area (Å²) in [7, 11) is 3.57. The van der Waals surface area contributed by atoms with E-state index in [0.717, 1.165) is 63.9 Å². The number of hydrogen-bond acceptors (Lipinski definition) is 14. The highest BCUT2D eigenvalue weighted by atomic mass is 16.5. The molecular weight excluding hydrogens is 735 g/mol. The van der Waals surface area contributed by atoms with Crippen LogP contribution in [0.2, 0.25) is 0 Å². The second kappa shape index (κ2) is 18.4. The van der Waals surface area contributed by atoms with Crippen molar-refractivity contribution in [2.45, 2.75) is 206 Å². The highest BCUT2D eigenvalue weighted by Gasteiger charge is 2.48. The Morgan fingerprint density at radius 1 is 0.707 bits per heavy atom. The average Bonchev–Trinajstić information content (AvgIpc) is 3.08. The van der Waals surface area contributed by atoms with Gasteiger partial charge in [0.25, 0.3) is 0 Å². The van der Waals surface area contributed by atoms with Crippen LogP contribution in [0, 0.1) is 0 Å². The summed E-state index contributed by atoms with van der Waals surface area (Å²) >= 11 is 0. The number of carbonyl (C=O) groups is 2. The van der Waals surface area contributed by atoms with Crippen LogP contribution in [-0.2, 0) is 19.1 Å². The lowest BCUT2D eigenvalue weighted by Crippen LogP contribution is -2.63. The predicted molar refractivity (Wildman–Crippen MR) is 233 cm³/mol. The maximum absolute atomic E-state index is 12.4. The van der Waals surface area contributed by atoms with Gasteiger partial charge in [-0.3, -0.25) is 24.3 Å². The van der Waals surface area contributed by atoms with Crippen LogP contribution in [0.25, 0.3) is 0 Å². The number of esters is 2. The summed E-state index contributed by atoms with van der Waals surface area (Å²) in [5.41, 5.74) is -0.732. The molecule has 14 heteroatoms. The molecule has 4 heterocycles. The van der Waals surface area contributed by atoms with Crippen LogP contribution in [0.3, 0.4) is 0 Å². The minimum Gasteiger partial charge on any atom is -0.469 e. The van der Waals surface area contributed by atoms with Crippen molar-refractivity contribution in [3.05, 3.63) is 0 Å². The Bertz CT molecular complexity index is 1490. The lowest BCUT2D eigenvalue weighted by atomic mass is 9.77. The summed E-state index contributed by atoms with van der Waals surface area (Å²) in [6.45, 7) is 32.2. The predicted octanol–water partition coefficient (Wildman–Crippen LogP) is 6.49. The van der Waals surface area contributed by atoms with Crippen LogP contribution in [0.1, 0.15) is 154 Å². The monoisotopic (exact) mass is 816 g/mol. The number of β-amino-alcohol motifs (C(OH)–C–C–N with tert-alkyl or cyclic N) is 1. The molecule has 0 radical (unpaired) electrons. The molecular formula is C44H81N9O5. The first kappa shape index (κ1) is 47.9. The summed E-state index contributed by atoms with van der Waals surface area (Å²) < 4.78 is 10.2. The van der Waals surface area contributed by atoms with Crippen LogP contribution in [0.5, 0.6) is 0 Å². The zero-order chi connectivity index (χ0) is 43.5. The Labute approximate surface area is 351 Å². The highest BCUT2D eigenvalue weighted by Crippen LogP contribution is 2.42. The van der Waals surface area contributed by atoms with Crippen LogP contribution in [0.4, 0.5) is 17.8 Å². The molecule has 3 aliphatic heterocycles. The van der Waals surface area contributed by atoms with Crippen LogP contribution < -0.4 is 15.5 Å². The lowest BCUT2D eigenvalue weighted by Gasteiger charge is -2.56. The highest BCUT2D eigenvalue weighted by molar-refractivity contribution is 5.77. The summed E-state index contributed by atoms with van der Waals surface area (Å²) in [5.74, 6) is 1.09. The second-order valence-corrected chi connectivity index (χ2v) is 21.1. The molecule has 3 N–H and O–H groups in total. The van der Waals surface area contributed by atoms with Gasteiger partial charge in [0.2, 0.25) is 17.8 Å². The van der Waals surface area contributed by atoms with Gasteiger partial charge in [-0.15, -0.1) is 0 Å². The third kappa shape index (κ3) is 11.7. The molecule has 0 bridgehead atoms. The van der Waals surface area contributed by atoms with E-state index in [9.17, 15) is 14.7 Å². The first-order chi connectivity index (χ1) is 26.8. The van der Waals surface area contributed by atoms with Crippen molar-refractivity contribution in [1.82, 2.24) is 29.7 Å². The number of aliphatic hydroxyl groups is 1. The zero-order valence-electron chi connectivity index (χ0n) is 39.0. The van der Waals surface area contributed by atoms with Gasteiger partial charge in [0.15, 0.2) is 0 Å². The van der Waals surface area contributed by atoms with Crippen molar-refractivity contribution in [2.75, 3.05) is 62.5 Å². The molecule has 0 amide bonds. The molecule has 1 aromatic heterocycles. The number of methoxy groups -OCH3 is 1. The molecule has 14 nitrogen and oxygen atoms in total. The molecule has 58 heavy (non-hydrogen) atoms. The van der Waals surface area contributed by atoms with Gasteiger partial charge in [-0.2, -0.15) is 15.0 Å². The molecule has 1 aromatic rings. The van der Waals surface area contributed by atoms with Crippen molar-refractivity contribution in [1.29, 1.82) is 0 Å². The molecule has 3 saturated heterocycles. The van der Waals surface area contributed by atoms with Crippen molar-refractivity contribution >= 4 is 29.8 Å². The molecule has 332 valence electrons. The molecule has 0 unspecified atom stereocenters. The van der Waals surface area contributed by atoms with Gasteiger partial charge in [0.05, 0.1) is 26.6 Å². The van der Waals surface area contributed by atoms with E-state index in [2.05, 4.69) is 132 Å². The Hall–Kier alpha value is -2.81. The quantitative estimate of drug-likeness (QED) is 0.147. The third-order valence-corrected chi connectivity index (χ3v) is 13.6. The van der Waals surface area contributed by atoms with Crippen molar-refractivity contribution < 1.29 is 24.2 Å². The number of likely N-dealkylation sites (tertiary alicyclic amines) is 3. The van der Waals surface area contributed by atoms with Crippen LogP contribution in [0.15, 0.2) is 0 Å². The standard InChI is InChI=1S/C44H81N9O5/c1-16-17-20-51(33-29-39(2,3)50(14)40(4,5)30-33)38-48-36(45-31-25-41(6,7)52(21-23-54)42(8,9)26-31)47-37(49-38)46-32-27-43(10,11)53(44(12,13)28-32)22-24-58-35(56)19-18-34(55)57-15/h31-33,54H,16-30H2,1-15H3,(H2,45,46,47,48,49). The number of aliphatic hydroxyl groups excluding tert-OH is 1. The van der Waals surface area contributed by atoms with E-state index in [0.29, 0.717) is 25.0 Å². The molecule has 3 aliphatic rings. The molecule has 0 spiro atoms. The largest absolute Gasteiger partial charge is 0.469 e. The fourth-order valence-electron chi connectivity index (χ4n) is 11.1. The maximum atomic E-state index is 12.4. The van der Waals surface area contributed by atoms with E-state index < -0.39 is 11.9 Å². The molecule has 4 rings (SSSR count). The lowest BCUT2D eigenvalue weighted by molar-refractivity contribution is -0.150. The number of unbranched alkanes of at least 4 members (excludes halogenated alkanes) is 1. The van der Waals surface area contributed by atoms with E-state index in [1.165, 1.54) is 7.11 Å². The van der Waals surface area contributed by atoms with Crippen molar-refractivity contribution in [2.24, 2.45) is 0 Å². The van der Waals surface area contributed by atoms with Gasteiger partial charge in [0, 0.05) is 71.0 Å². The first-order valence-corrected chi connectivity index (χ1v) is 22.0. The number of hydrogen-bond donors (Lipinski definition) is 3. The minimum atomic E-state index is -0.419. The molecule has 0 atom stereocenters. The van der Waals surface area contributed by atoms with Gasteiger partial charge in [-0.1, -0.05) is 13.3 Å². The molecule has 0 aromatic carbocycles. The summed E-state index contributed by atoms with van der Waals surface area (Å²) in [6.07, 6.45) is 7.58. The van der Waals surface area contributed by atoms with E-state index >= 15 is 0 Å². The number of nitrogens with one attached hydrogen (secondary N) is 2. The summed E-state index contributed by atoms with van der Waals surface area (Å²) in [4.78, 5) is 49.4. The molecule has 0 saturated carbocycles. The Morgan fingerprint density at radius 2 is 1.16 bits per heavy atom. The topological polar surface area (TPSA) is 149 Å². The third-order valence-electron chi connectivity index (χ3n) is 13.6. The van der Waals surface area contributed by atoms with Gasteiger partial charge in [-0.25, -0.2) is 0 Å². The smallest absolute Gasteiger partial charge is 0.306 e. The Morgan fingerprint density at radius 3 is 1.59 bits per heavy atom. The van der Waals surface area contributed by atoms with Gasteiger partial charge in [0.1, 0.15) is 6.61 Å². The molecule has 3 fully saturated rings. The number of ether oxygens (including phenoxy) is 2. The Kier molecular flexibility index (Phi) is 15.2. The number of anilines is 3. The van der Waals surface area contributed by atoms with Crippen molar-refractivity contribution in [3.63, 3.8) is 0 Å². The Balaban J connectivity index is 1.65. The fraction of sp³-hybridized carbons (Fsp3) is 0.886. The van der Waals surface area contributed by atoms with Crippen LogP contribution >= 0.6 is 0 Å². The number of rotatable bonds is 17. The normalized spacial score (nSPS) is 23.6. The second-order valence-electron chi connectivity index (χ2n) is 21.1. The molecule has 0 aliphatic carbocycles. The number of nitrogens with zero attached hydrogens (tertiary/aromatic N) is 7. The van der Waals surface area contributed by atoms with Gasteiger partial charge in [-0.05, 0) is 135 Å². The summed E-state index contributed by atoms with van der Waals surface area (Å²) in [6, 6.07) is 0.465. The van der Waals surface area contributed by atoms with Gasteiger partial charge < -0.3 is 30.1 Å². The minimum absolute atomic E-state index is 0.00169. The zero-order valence-corrected chi connectivity index (χ0v) is 39.0. The van der Waals surface area contributed by atoms with Gasteiger partial charge >= 0.3 is 11.9 Å². The van der Waals surface area contributed by atoms with Crippen molar-refractivity contribution in [3.8, 4) is 0 Å². The average molecular weight is 816 g/mol. The van der Waals surface area contributed by atoms with E-state index in [4.69, 9.17) is 19.7 Å². The van der Waals surface area contributed by atoms with E-state index in [-0.39, 0.29) is 77.4 Å². The van der Waals surface area contributed by atoms with Crippen LogP contribution in [-0.4, -0.2) is 145 Å². The summed E-state index contributed by atoms with van der Waals surface area (Å²) in [5, 5.41) is 17.6. The maximum Gasteiger partial charge on any atom is 0.306 e. The number of aromatic nitrogens is 3. The SMILES string of the molecule is CCCCN(c1nc(NC2CC(C)(C)N(CCO)C(C)(C)C2)nc(NC2CC(C)(C)N(CCOC(=O)CCC(=O)OC)C(C)(C)C2)n1)C1CC(C)(C)N(C)C(C)(C)C1. The van der Waals surface area contributed by atoms with E-state index in [1.54, 1.807) is 0 Å². The number of piperidine rings is 3. The van der Waals surface area contributed by atoms with E-state index in [1.807, 2.05) is 0 Å². The first-order valence-electron chi connectivity index (χ1n) is 22.0. The number of carbonyl (C=O) groups excluding carboxylic acids is 2. The fourth-order valence-corrected chi connectivity index (χ4v) is 11.1.